The van der Waals surface area contributed by atoms with Crippen molar-refractivity contribution in [2.24, 2.45) is 5.41 Å². The molecule has 1 aromatic rings. The number of hydrogen-bond donors (Lipinski definition) is 1. The van der Waals surface area contributed by atoms with Crippen LogP contribution in [0.1, 0.15) is 25.3 Å². The minimum atomic E-state index is -0.176. The van der Waals surface area contributed by atoms with Gasteiger partial charge in [0.05, 0.1) is 0 Å². The molecule has 1 unspecified atom stereocenters. The van der Waals surface area contributed by atoms with E-state index in [4.69, 9.17) is 0 Å². The van der Waals surface area contributed by atoms with Crippen LogP contribution in [0, 0.1) is 11.2 Å². The highest BCUT2D eigenvalue weighted by molar-refractivity contribution is 5.16. The molecule has 0 radical (unpaired) electrons. The number of piperidine rings is 1. The minimum absolute atomic E-state index is 0.00553. The standard InChI is InChI=1S/C14H20FNO/c1-14(11-17)6-3-7-16(10-14)9-12-4-2-5-13(15)8-12/h2,4-5,8,17H,3,6-7,9-11H2,1H3. The normalized spacial score (nSPS) is 26.1. The Kier molecular flexibility index (Phi) is 3.79. The molecule has 17 heavy (non-hydrogen) atoms. The maximum absolute atomic E-state index is 13.1. The Bertz CT molecular complexity index is 382. The highest BCUT2D eigenvalue weighted by atomic mass is 19.1. The molecule has 2 nitrogen and oxygen atoms in total. The van der Waals surface area contributed by atoms with E-state index in [1.807, 2.05) is 6.07 Å². The molecule has 1 aliphatic heterocycles. The molecule has 0 aliphatic carbocycles. The van der Waals surface area contributed by atoms with Crippen LogP contribution in [0.3, 0.4) is 0 Å². The van der Waals surface area contributed by atoms with E-state index < -0.39 is 0 Å². The third-order valence-electron chi connectivity index (χ3n) is 3.54. The number of halogens is 1. The molecule has 3 heteroatoms. The van der Waals surface area contributed by atoms with Crippen LogP contribution in [-0.4, -0.2) is 29.7 Å². The van der Waals surface area contributed by atoms with Crippen LogP contribution < -0.4 is 0 Å². The Hall–Kier alpha value is -0.930. The molecule has 1 heterocycles. The Morgan fingerprint density at radius 2 is 2.29 bits per heavy atom. The predicted octanol–water partition coefficient (Wildman–Crippen LogP) is 2.42. The Labute approximate surface area is 102 Å². The maximum atomic E-state index is 13.1. The van der Waals surface area contributed by atoms with Gasteiger partial charge in [-0.25, -0.2) is 4.39 Å². The zero-order chi connectivity index (χ0) is 12.3. The summed E-state index contributed by atoms with van der Waals surface area (Å²) in [5.74, 6) is -0.176. The van der Waals surface area contributed by atoms with E-state index in [9.17, 15) is 9.50 Å². The second kappa shape index (κ2) is 5.15. The molecule has 0 bridgehead atoms. The minimum Gasteiger partial charge on any atom is -0.396 e. The lowest BCUT2D eigenvalue weighted by Crippen LogP contribution is -2.43. The number of aliphatic hydroxyl groups excluding tert-OH is 1. The van der Waals surface area contributed by atoms with Gasteiger partial charge < -0.3 is 5.11 Å². The topological polar surface area (TPSA) is 23.5 Å². The van der Waals surface area contributed by atoms with E-state index in [-0.39, 0.29) is 17.8 Å². The van der Waals surface area contributed by atoms with Crippen LogP contribution in [0.4, 0.5) is 4.39 Å². The molecule has 1 atom stereocenters. The molecule has 94 valence electrons. The smallest absolute Gasteiger partial charge is 0.123 e. The van der Waals surface area contributed by atoms with Gasteiger partial charge in [0.2, 0.25) is 0 Å². The van der Waals surface area contributed by atoms with E-state index in [2.05, 4.69) is 11.8 Å². The number of likely N-dealkylation sites (tertiary alicyclic amines) is 1. The highest BCUT2D eigenvalue weighted by Gasteiger charge is 2.30. The van der Waals surface area contributed by atoms with E-state index in [1.54, 1.807) is 12.1 Å². The van der Waals surface area contributed by atoms with Crippen LogP contribution in [0.15, 0.2) is 24.3 Å². The molecule has 1 aromatic carbocycles. The zero-order valence-corrected chi connectivity index (χ0v) is 10.3. The van der Waals surface area contributed by atoms with Crippen molar-refractivity contribution in [2.75, 3.05) is 19.7 Å². The van der Waals surface area contributed by atoms with Crippen molar-refractivity contribution in [3.05, 3.63) is 35.6 Å². The summed E-state index contributed by atoms with van der Waals surface area (Å²) in [6.07, 6.45) is 2.18. The second-order valence-electron chi connectivity index (χ2n) is 5.41. The summed E-state index contributed by atoms with van der Waals surface area (Å²) < 4.78 is 13.1. The van der Waals surface area contributed by atoms with Crippen LogP contribution >= 0.6 is 0 Å². The SMILES string of the molecule is CC1(CO)CCCN(Cc2cccc(F)c2)C1. The van der Waals surface area contributed by atoms with Crippen molar-refractivity contribution in [3.8, 4) is 0 Å². The van der Waals surface area contributed by atoms with E-state index in [1.165, 1.54) is 6.07 Å². The quantitative estimate of drug-likeness (QED) is 0.872. The Balaban J connectivity index is 1.99. The van der Waals surface area contributed by atoms with Gasteiger partial charge >= 0.3 is 0 Å². The van der Waals surface area contributed by atoms with Crippen LogP contribution in [-0.2, 0) is 6.54 Å². The molecule has 0 saturated carbocycles. The average Bonchev–Trinajstić information content (AvgIpc) is 2.29. The van der Waals surface area contributed by atoms with Crippen molar-refractivity contribution < 1.29 is 9.50 Å². The molecular formula is C14H20FNO. The van der Waals surface area contributed by atoms with Crippen LogP contribution in [0.25, 0.3) is 0 Å². The predicted molar refractivity (Wildman–Crippen MR) is 66.1 cm³/mol. The van der Waals surface area contributed by atoms with Gasteiger partial charge in [-0.2, -0.15) is 0 Å². The van der Waals surface area contributed by atoms with Crippen molar-refractivity contribution in [1.82, 2.24) is 4.90 Å². The van der Waals surface area contributed by atoms with Crippen LogP contribution in [0.5, 0.6) is 0 Å². The van der Waals surface area contributed by atoms with Gasteiger partial charge in [-0.15, -0.1) is 0 Å². The summed E-state index contributed by atoms with van der Waals surface area (Å²) in [5.41, 5.74) is 1.01. The highest BCUT2D eigenvalue weighted by Crippen LogP contribution is 2.29. The molecule has 1 aliphatic rings. The summed E-state index contributed by atoms with van der Waals surface area (Å²) in [6, 6.07) is 6.76. The van der Waals surface area contributed by atoms with Crippen molar-refractivity contribution in [3.63, 3.8) is 0 Å². The lowest BCUT2D eigenvalue weighted by atomic mass is 9.82. The van der Waals surface area contributed by atoms with Crippen molar-refractivity contribution >= 4 is 0 Å². The average molecular weight is 237 g/mol. The van der Waals surface area contributed by atoms with Crippen LogP contribution in [0.2, 0.25) is 0 Å². The summed E-state index contributed by atoms with van der Waals surface area (Å²) in [4.78, 5) is 2.30. The lowest BCUT2D eigenvalue weighted by molar-refractivity contribution is 0.0429. The van der Waals surface area contributed by atoms with Crippen molar-refractivity contribution in [2.45, 2.75) is 26.3 Å². The van der Waals surface area contributed by atoms with E-state index >= 15 is 0 Å². The van der Waals surface area contributed by atoms with Gasteiger partial charge in [0.1, 0.15) is 5.82 Å². The molecule has 1 N–H and O–H groups in total. The maximum Gasteiger partial charge on any atom is 0.123 e. The molecule has 0 aromatic heterocycles. The fourth-order valence-corrected chi connectivity index (χ4v) is 2.58. The molecular weight excluding hydrogens is 217 g/mol. The van der Waals surface area contributed by atoms with Crippen molar-refractivity contribution in [1.29, 1.82) is 0 Å². The number of nitrogens with zero attached hydrogens (tertiary/aromatic N) is 1. The second-order valence-corrected chi connectivity index (χ2v) is 5.41. The fourth-order valence-electron chi connectivity index (χ4n) is 2.58. The van der Waals surface area contributed by atoms with Gasteiger partial charge in [-0.3, -0.25) is 4.90 Å². The van der Waals surface area contributed by atoms with E-state index in [0.29, 0.717) is 0 Å². The summed E-state index contributed by atoms with van der Waals surface area (Å²) >= 11 is 0. The third-order valence-corrected chi connectivity index (χ3v) is 3.54. The first-order valence-corrected chi connectivity index (χ1v) is 6.19. The number of rotatable bonds is 3. The first-order chi connectivity index (χ1) is 8.11. The van der Waals surface area contributed by atoms with Gasteiger partial charge in [0, 0.05) is 25.1 Å². The molecule has 0 amide bonds. The first kappa shape index (κ1) is 12.5. The molecule has 2 rings (SSSR count). The van der Waals surface area contributed by atoms with E-state index in [0.717, 1.165) is 38.0 Å². The summed E-state index contributed by atoms with van der Waals surface area (Å²) in [5, 5.41) is 9.39. The van der Waals surface area contributed by atoms with Gasteiger partial charge in [-0.1, -0.05) is 19.1 Å². The van der Waals surface area contributed by atoms with Gasteiger partial charge in [0.25, 0.3) is 0 Å². The monoisotopic (exact) mass is 237 g/mol. The lowest BCUT2D eigenvalue weighted by Gasteiger charge is -2.39. The number of benzene rings is 1. The summed E-state index contributed by atoms with van der Waals surface area (Å²) in [6.45, 7) is 5.04. The van der Waals surface area contributed by atoms with Gasteiger partial charge in [0.15, 0.2) is 0 Å². The number of aliphatic hydroxyl groups is 1. The molecule has 1 fully saturated rings. The Morgan fingerprint density at radius 3 is 3.00 bits per heavy atom. The Morgan fingerprint density at radius 1 is 1.47 bits per heavy atom. The first-order valence-electron chi connectivity index (χ1n) is 6.19. The third kappa shape index (κ3) is 3.27. The largest absolute Gasteiger partial charge is 0.396 e. The number of hydrogen-bond acceptors (Lipinski definition) is 2. The molecule has 0 spiro atoms. The molecule has 1 saturated heterocycles. The fraction of sp³-hybridized carbons (Fsp3) is 0.571. The zero-order valence-electron chi connectivity index (χ0n) is 10.3. The van der Waals surface area contributed by atoms with Gasteiger partial charge in [-0.05, 0) is 37.1 Å². The summed E-state index contributed by atoms with van der Waals surface area (Å²) in [7, 11) is 0.